The minimum atomic E-state index is -4.60. The second kappa shape index (κ2) is 6.26. The number of ether oxygens (including phenoxy) is 1. The summed E-state index contributed by atoms with van der Waals surface area (Å²) in [5.74, 6) is -1.42. The summed E-state index contributed by atoms with van der Waals surface area (Å²) >= 11 is 5.82. The Kier molecular flexibility index (Phi) is 5.16. The van der Waals surface area contributed by atoms with Crippen LogP contribution in [0.2, 0.25) is 0 Å². The Labute approximate surface area is 118 Å². The smallest absolute Gasteiger partial charge is 0.416 e. The predicted octanol–water partition coefficient (Wildman–Crippen LogP) is 3.75. The van der Waals surface area contributed by atoms with Gasteiger partial charge >= 0.3 is 12.1 Å². The number of ketones is 1. The Morgan fingerprint density at radius 3 is 2.40 bits per heavy atom. The molecule has 1 aromatic rings. The van der Waals surface area contributed by atoms with Gasteiger partial charge in [-0.05, 0) is 31.5 Å². The van der Waals surface area contributed by atoms with E-state index in [-0.39, 0.29) is 17.7 Å². The van der Waals surface area contributed by atoms with E-state index in [4.69, 9.17) is 11.6 Å². The molecule has 0 radical (unpaired) electrons. The highest BCUT2D eigenvalue weighted by atomic mass is 35.5. The van der Waals surface area contributed by atoms with Gasteiger partial charge < -0.3 is 4.74 Å². The Morgan fingerprint density at radius 1 is 1.35 bits per heavy atom. The standard InChI is InChI=1S/C13H12ClF3O3/c1-3-20-12(19)10-6-8(13(15,16)17)4-5-9(10)11(14)7(2)18/h4-6,11H,3H2,1-2H3. The van der Waals surface area contributed by atoms with Crippen LogP contribution < -0.4 is 0 Å². The highest BCUT2D eigenvalue weighted by molar-refractivity contribution is 6.31. The van der Waals surface area contributed by atoms with Gasteiger partial charge in [0.25, 0.3) is 0 Å². The molecule has 0 N–H and O–H groups in total. The largest absolute Gasteiger partial charge is 0.462 e. The van der Waals surface area contributed by atoms with Crippen molar-refractivity contribution < 1.29 is 27.5 Å². The number of benzene rings is 1. The average Bonchev–Trinajstić information content (AvgIpc) is 2.36. The van der Waals surface area contributed by atoms with Gasteiger partial charge in [0.05, 0.1) is 17.7 Å². The average molecular weight is 309 g/mol. The Balaban J connectivity index is 3.38. The fourth-order valence-electron chi connectivity index (χ4n) is 1.56. The summed E-state index contributed by atoms with van der Waals surface area (Å²) in [6.07, 6.45) is -4.60. The SMILES string of the molecule is CCOC(=O)c1cc(C(F)(F)F)ccc1C(Cl)C(C)=O. The van der Waals surface area contributed by atoms with Crippen LogP contribution in [0.1, 0.15) is 40.7 Å². The van der Waals surface area contributed by atoms with E-state index in [1.54, 1.807) is 0 Å². The van der Waals surface area contributed by atoms with E-state index in [0.717, 1.165) is 12.1 Å². The van der Waals surface area contributed by atoms with E-state index in [1.807, 2.05) is 0 Å². The number of hydrogen-bond donors (Lipinski definition) is 0. The Bertz CT molecular complexity index is 526. The van der Waals surface area contributed by atoms with Crippen molar-refractivity contribution in [1.29, 1.82) is 0 Å². The molecule has 3 nitrogen and oxygen atoms in total. The molecule has 0 aliphatic carbocycles. The van der Waals surface area contributed by atoms with Crippen molar-refractivity contribution in [3.8, 4) is 0 Å². The fourth-order valence-corrected chi connectivity index (χ4v) is 1.75. The molecule has 0 aromatic heterocycles. The lowest BCUT2D eigenvalue weighted by atomic mass is 9.99. The molecule has 1 rings (SSSR count). The van der Waals surface area contributed by atoms with Crippen LogP contribution >= 0.6 is 11.6 Å². The molecule has 1 aromatic carbocycles. The Hall–Kier alpha value is -1.56. The normalized spacial score (nSPS) is 12.9. The lowest BCUT2D eigenvalue weighted by Crippen LogP contribution is -2.15. The van der Waals surface area contributed by atoms with Gasteiger partial charge in [0.1, 0.15) is 5.38 Å². The van der Waals surface area contributed by atoms with Crippen LogP contribution in [0.15, 0.2) is 18.2 Å². The van der Waals surface area contributed by atoms with Gasteiger partial charge in [-0.25, -0.2) is 4.79 Å². The van der Waals surface area contributed by atoms with Gasteiger partial charge in [-0.3, -0.25) is 4.79 Å². The van der Waals surface area contributed by atoms with E-state index in [0.29, 0.717) is 6.07 Å². The zero-order valence-corrected chi connectivity index (χ0v) is 11.5. The van der Waals surface area contributed by atoms with E-state index in [1.165, 1.54) is 13.8 Å². The summed E-state index contributed by atoms with van der Waals surface area (Å²) in [5.41, 5.74) is -1.35. The van der Waals surface area contributed by atoms with Crippen LogP contribution in [-0.2, 0) is 15.7 Å². The molecule has 0 saturated heterocycles. The van der Waals surface area contributed by atoms with E-state index in [9.17, 15) is 22.8 Å². The molecule has 0 aliphatic heterocycles. The maximum Gasteiger partial charge on any atom is 0.416 e. The molecular formula is C13H12ClF3O3. The summed E-state index contributed by atoms with van der Waals surface area (Å²) < 4.78 is 42.7. The molecule has 0 heterocycles. The predicted molar refractivity (Wildman–Crippen MR) is 66.7 cm³/mol. The van der Waals surface area contributed by atoms with Gasteiger partial charge in [-0.2, -0.15) is 13.2 Å². The number of carbonyl (C=O) groups excluding carboxylic acids is 2. The number of alkyl halides is 4. The summed E-state index contributed by atoms with van der Waals surface area (Å²) in [7, 11) is 0. The second-order valence-corrected chi connectivity index (χ2v) is 4.43. The first-order chi connectivity index (χ1) is 9.18. The van der Waals surface area contributed by atoms with E-state index in [2.05, 4.69) is 4.74 Å². The number of Topliss-reactive ketones (excluding diaryl/α,β-unsaturated/α-hetero) is 1. The Morgan fingerprint density at radius 2 is 1.95 bits per heavy atom. The highest BCUT2D eigenvalue weighted by Crippen LogP contribution is 2.33. The monoisotopic (exact) mass is 308 g/mol. The molecule has 110 valence electrons. The molecule has 0 aliphatic rings. The van der Waals surface area contributed by atoms with Crippen LogP contribution in [0.5, 0.6) is 0 Å². The lowest BCUT2D eigenvalue weighted by molar-refractivity contribution is -0.137. The maximum absolute atomic E-state index is 12.7. The van der Waals surface area contributed by atoms with Crippen molar-refractivity contribution in [1.82, 2.24) is 0 Å². The number of carbonyl (C=O) groups is 2. The topological polar surface area (TPSA) is 43.4 Å². The quantitative estimate of drug-likeness (QED) is 0.628. The van der Waals surface area contributed by atoms with Gasteiger partial charge in [-0.15, -0.1) is 11.6 Å². The van der Waals surface area contributed by atoms with Crippen LogP contribution in [-0.4, -0.2) is 18.4 Å². The van der Waals surface area contributed by atoms with Crippen molar-refractivity contribution >= 4 is 23.4 Å². The zero-order valence-electron chi connectivity index (χ0n) is 10.8. The minimum absolute atomic E-state index is 0.00153. The molecule has 1 unspecified atom stereocenters. The molecular weight excluding hydrogens is 297 g/mol. The van der Waals surface area contributed by atoms with E-state index >= 15 is 0 Å². The number of hydrogen-bond acceptors (Lipinski definition) is 3. The molecule has 0 bridgehead atoms. The first-order valence-corrected chi connectivity index (χ1v) is 6.15. The van der Waals surface area contributed by atoms with Crippen molar-refractivity contribution in [3.63, 3.8) is 0 Å². The highest BCUT2D eigenvalue weighted by Gasteiger charge is 2.33. The fraction of sp³-hybridized carbons (Fsp3) is 0.385. The molecule has 7 heteroatoms. The third-order valence-corrected chi connectivity index (χ3v) is 3.05. The third kappa shape index (κ3) is 3.72. The third-order valence-electron chi connectivity index (χ3n) is 2.51. The molecule has 0 spiro atoms. The van der Waals surface area contributed by atoms with Crippen molar-refractivity contribution in [2.24, 2.45) is 0 Å². The van der Waals surface area contributed by atoms with Gasteiger partial charge in [0, 0.05) is 0 Å². The van der Waals surface area contributed by atoms with Crippen molar-refractivity contribution in [3.05, 3.63) is 34.9 Å². The molecule has 0 fully saturated rings. The van der Waals surface area contributed by atoms with Gasteiger partial charge in [0.15, 0.2) is 5.78 Å². The van der Waals surface area contributed by atoms with Gasteiger partial charge in [0.2, 0.25) is 0 Å². The lowest BCUT2D eigenvalue weighted by Gasteiger charge is -2.14. The summed E-state index contributed by atoms with van der Waals surface area (Å²) in [6, 6.07) is 2.44. The second-order valence-electron chi connectivity index (χ2n) is 3.99. The van der Waals surface area contributed by atoms with Gasteiger partial charge in [-0.1, -0.05) is 6.07 Å². The summed E-state index contributed by atoms with van der Waals surface area (Å²) in [6.45, 7) is 2.71. The number of rotatable bonds is 4. The van der Waals surface area contributed by atoms with E-state index < -0.39 is 28.9 Å². The minimum Gasteiger partial charge on any atom is -0.462 e. The first-order valence-electron chi connectivity index (χ1n) is 5.71. The molecule has 0 saturated carbocycles. The molecule has 20 heavy (non-hydrogen) atoms. The first kappa shape index (κ1) is 16.5. The molecule has 0 amide bonds. The summed E-state index contributed by atoms with van der Waals surface area (Å²) in [4.78, 5) is 23.0. The number of esters is 1. The maximum atomic E-state index is 12.7. The van der Waals surface area contributed by atoms with Crippen LogP contribution in [0.3, 0.4) is 0 Å². The van der Waals surface area contributed by atoms with Crippen LogP contribution in [0.4, 0.5) is 13.2 Å². The zero-order chi connectivity index (χ0) is 15.5. The molecule has 1 atom stereocenters. The van der Waals surface area contributed by atoms with Crippen LogP contribution in [0.25, 0.3) is 0 Å². The van der Waals surface area contributed by atoms with Crippen molar-refractivity contribution in [2.45, 2.75) is 25.4 Å². The van der Waals surface area contributed by atoms with Crippen molar-refractivity contribution in [2.75, 3.05) is 6.61 Å². The number of halogens is 4. The van der Waals surface area contributed by atoms with Crippen LogP contribution in [0, 0.1) is 0 Å². The summed E-state index contributed by atoms with van der Waals surface area (Å²) in [5, 5.41) is -1.20.